The lowest BCUT2D eigenvalue weighted by molar-refractivity contribution is 0.667. The number of hydrogen-bond donors (Lipinski definition) is 1. The highest BCUT2D eigenvalue weighted by Gasteiger charge is 2.03. The normalized spacial score (nSPS) is 11.3. The molecule has 0 amide bonds. The molecule has 1 aromatic heterocycles. The van der Waals surface area contributed by atoms with E-state index in [0.29, 0.717) is 0 Å². The average molecular weight is 258 g/mol. The first-order valence-corrected chi connectivity index (χ1v) is 7.81. The van der Waals surface area contributed by atoms with E-state index < -0.39 is 0 Å². The van der Waals surface area contributed by atoms with Crippen LogP contribution in [0.4, 0.5) is 0 Å². The van der Waals surface area contributed by atoms with Gasteiger partial charge in [0.15, 0.2) is 0 Å². The van der Waals surface area contributed by atoms with Crippen LogP contribution in [0, 0.1) is 0 Å². The predicted octanol–water partition coefficient (Wildman–Crippen LogP) is 5.03. The fourth-order valence-electron chi connectivity index (χ4n) is 2.48. The first kappa shape index (κ1) is 14.1. The van der Waals surface area contributed by atoms with Crippen molar-refractivity contribution in [2.75, 3.05) is 0 Å². The highest BCUT2D eigenvalue weighted by molar-refractivity contribution is 5.75. The van der Waals surface area contributed by atoms with Crippen molar-refractivity contribution in [3.05, 3.63) is 29.6 Å². The van der Waals surface area contributed by atoms with Crippen LogP contribution in [0.1, 0.15) is 63.8 Å². The number of nitrogens with one attached hydrogen (secondary N) is 1. The minimum Gasteiger partial charge on any atom is -0.342 e. The van der Waals surface area contributed by atoms with Gasteiger partial charge in [-0.2, -0.15) is 0 Å². The zero-order chi connectivity index (χ0) is 13.5. The number of rotatable bonds is 8. The number of imidazole rings is 1. The highest BCUT2D eigenvalue weighted by Crippen LogP contribution is 2.17. The van der Waals surface area contributed by atoms with Crippen molar-refractivity contribution in [2.45, 2.75) is 65.2 Å². The molecule has 0 saturated carbocycles. The Bertz CT molecular complexity index is 499. The van der Waals surface area contributed by atoms with Crippen LogP contribution < -0.4 is 0 Å². The van der Waals surface area contributed by atoms with Gasteiger partial charge in [-0.05, 0) is 37.0 Å². The van der Waals surface area contributed by atoms with Gasteiger partial charge in [0.1, 0.15) is 5.82 Å². The number of fused-ring (bicyclic) bond motifs is 1. The summed E-state index contributed by atoms with van der Waals surface area (Å²) in [6.07, 6.45) is 10.0. The maximum atomic E-state index is 4.65. The molecule has 0 atom stereocenters. The molecule has 0 aliphatic rings. The van der Waals surface area contributed by atoms with Gasteiger partial charge >= 0.3 is 0 Å². The standard InChI is InChI=1S/C17H26N2/c1-3-5-7-8-9-14-11-12-15-16(13-14)19-17(18-15)10-6-4-2/h11-13H,3-10H2,1-2H3,(H,18,19). The first-order chi connectivity index (χ1) is 9.33. The number of nitrogens with zero attached hydrogens (tertiary/aromatic N) is 1. The smallest absolute Gasteiger partial charge is 0.107 e. The Morgan fingerprint density at radius 3 is 2.58 bits per heavy atom. The molecular weight excluding hydrogens is 232 g/mol. The van der Waals surface area contributed by atoms with Gasteiger partial charge in [0.2, 0.25) is 0 Å². The number of hydrogen-bond acceptors (Lipinski definition) is 1. The third kappa shape index (κ3) is 4.09. The van der Waals surface area contributed by atoms with Gasteiger partial charge in [-0.25, -0.2) is 4.98 Å². The molecule has 2 heteroatoms. The zero-order valence-corrected chi connectivity index (χ0v) is 12.3. The van der Waals surface area contributed by atoms with E-state index in [0.717, 1.165) is 17.8 Å². The minimum absolute atomic E-state index is 1.07. The quantitative estimate of drug-likeness (QED) is 0.661. The lowest BCUT2D eigenvalue weighted by atomic mass is 10.1. The van der Waals surface area contributed by atoms with Gasteiger partial charge < -0.3 is 4.98 Å². The largest absolute Gasteiger partial charge is 0.342 e. The molecule has 2 rings (SSSR count). The van der Waals surface area contributed by atoms with E-state index in [2.05, 4.69) is 42.0 Å². The summed E-state index contributed by atoms with van der Waals surface area (Å²) in [6, 6.07) is 6.68. The van der Waals surface area contributed by atoms with Crippen LogP contribution in [0.25, 0.3) is 11.0 Å². The fourth-order valence-corrected chi connectivity index (χ4v) is 2.48. The zero-order valence-electron chi connectivity index (χ0n) is 12.3. The maximum Gasteiger partial charge on any atom is 0.107 e. The summed E-state index contributed by atoms with van der Waals surface area (Å²) in [5.74, 6) is 1.14. The Morgan fingerprint density at radius 1 is 0.947 bits per heavy atom. The molecule has 1 heterocycles. The molecule has 0 saturated heterocycles. The van der Waals surface area contributed by atoms with E-state index >= 15 is 0 Å². The molecule has 0 bridgehead atoms. The van der Waals surface area contributed by atoms with Crippen molar-refractivity contribution in [1.82, 2.24) is 9.97 Å². The van der Waals surface area contributed by atoms with Gasteiger partial charge in [-0.3, -0.25) is 0 Å². The van der Waals surface area contributed by atoms with Crippen LogP contribution in [0.2, 0.25) is 0 Å². The van der Waals surface area contributed by atoms with E-state index in [-0.39, 0.29) is 0 Å². The number of aryl methyl sites for hydroxylation is 2. The second kappa shape index (κ2) is 7.32. The van der Waals surface area contributed by atoms with Gasteiger partial charge in [-0.15, -0.1) is 0 Å². The van der Waals surface area contributed by atoms with Gasteiger partial charge in [0, 0.05) is 6.42 Å². The molecule has 0 aliphatic heterocycles. The number of unbranched alkanes of at least 4 members (excludes halogenated alkanes) is 4. The molecule has 0 unspecified atom stereocenters. The van der Waals surface area contributed by atoms with Gasteiger partial charge in [0.25, 0.3) is 0 Å². The van der Waals surface area contributed by atoms with E-state index in [1.807, 2.05) is 0 Å². The van der Waals surface area contributed by atoms with Crippen molar-refractivity contribution in [1.29, 1.82) is 0 Å². The minimum atomic E-state index is 1.07. The van der Waals surface area contributed by atoms with Crippen molar-refractivity contribution in [2.24, 2.45) is 0 Å². The lowest BCUT2D eigenvalue weighted by Gasteiger charge is -2.00. The second-order valence-electron chi connectivity index (χ2n) is 5.45. The van der Waals surface area contributed by atoms with E-state index in [9.17, 15) is 0 Å². The Balaban J connectivity index is 1.99. The number of aromatic nitrogens is 2. The summed E-state index contributed by atoms with van der Waals surface area (Å²) < 4.78 is 0. The summed E-state index contributed by atoms with van der Waals surface area (Å²) >= 11 is 0. The van der Waals surface area contributed by atoms with E-state index in [1.54, 1.807) is 0 Å². The van der Waals surface area contributed by atoms with Crippen molar-refractivity contribution < 1.29 is 0 Å². The second-order valence-corrected chi connectivity index (χ2v) is 5.45. The monoisotopic (exact) mass is 258 g/mol. The molecule has 0 spiro atoms. The third-order valence-corrected chi connectivity index (χ3v) is 3.68. The third-order valence-electron chi connectivity index (χ3n) is 3.68. The predicted molar refractivity (Wildman–Crippen MR) is 82.6 cm³/mol. The van der Waals surface area contributed by atoms with Crippen LogP contribution in [0.15, 0.2) is 18.2 Å². The van der Waals surface area contributed by atoms with Crippen molar-refractivity contribution in [3.63, 3.8) is 0 Å². The fraction of sp³-hybridized carbons (Fsp3) is 0.588. The highest BCUT2D eigenvalue weighted by atomic mass is 14.9. The van der Waals surface area contributed by atoms with Crippen LogP contribution in [0.5, 0.6) is 0 Å². The maximum absolute atomic E-state index is 4.65. The summed E-state index contributed by atoms with van der Waals surface area (Å²) in [5.41, 5.74) is 3.76. The Morgan fingerprint density at radius 2 is 1.79 bits per heavy atom. The number of H-pyrrole nitrogens is 1. The Hall–Kier alpha value is -1.31. The van der Waals surface area contributed by atoms with E-state index in [1.165, 1.54) is 56.0 Å². The molecule has 1 N–H and O–H groups in total. The molecule has 0 aliphatic carbocycles. The summed E-state index contributed by atoms with van der Waals surface area (Å²) in [7, 11) is 0. The summed E-state index contributed by atoms with van der Waals surface area (Å²) in [5, 5.41) is 0. The molecule has 0 fully saturated rings. The Labute approximate surface area is 116 Å². The lowest BCUT2D eigenvalue weighted by Crippen LogP contribution is -1.86. The molecule has 2 nitrogen and oxygen atoms in total. The summed E-state index contributed by atoms with van der Waals surface area (Å²) in [4.78, 5) is 8.11. The van der Waals surface area contributed by atoms with E-state index in [4.69, 9.17) is 0 Å². The molecule has 0 radical (unpaired) electrons. The van der Waals surface area contributed by atoms with Gasteiger partial charge in [-0.1, -0.05) is 45.6 Å². The number of aromatic amines is 1. The van der Waals surface area contributed by atoms with Crippen LogP contribution >= 0.6 is 0 Å². The van der Waals surface area contributed by atoms with Crippen molar-refractivity contribution in [3.8, 4) is 0 Å². The topological polar surface area (TPSA) is 28.7 Å². The molecule has 1 aromatic carbocycles. The van der Waals surface area contributed by atoms with Crippen LogP contribution in [0.3, 0.4) is 0 Å². The average Bonchev–Trinajstić information content (AvgIpc) is 2.83. The molecular formula is C17H26N2. The molecule has 19 heavy (non-hydrogen) atoms. The SMILES string of the molecule is CCCCCCc1ccc2nc(CCCC)[nH]c2c1. The number of benzene rings is 1. The van der Waals surface area contributed by atoms with Crippen molar-refractivity contribution >= 4 is 11.0 Å². The Kier molecular flexibility index (Phi) is 5.44. The molecule has 104 valence electrons. The first-order valence-electron chi connectivity index (χ1n) is 7.81. The summed E-state index contributed by atoms with van der Waals surface area (Å²) in [6.45, 7) is 4.48. The van der Waals surface area contributed by atoms with Crippen LogP contribution in [-0.4, -0.2) is 9.97 Å². The molecule has 2 aromatic rings. The van der Waals surface area contributed by atoms with Crippen LogP contribution in [-0.2, 0) is 12.8 Å². The van der Waals surface area contributed by atoms with Gasteiger partial charge in [0.05, 0.1) is 11.0 Å².